The summed E-state index contributed by atoms with van der Waals surface area (Å²) >= 11 is 0. The summed E-state index contributed by atoms with van der Waals surface area (Å²) in [5, 5.41) is 8.00. The zero-order valence-corrected chi connectivity index (χ0v) is 19.0. The number of ether oxygens (including phenoxy) is 1. The van der Waals surface area contributed by atoms with Crippen LogP contribution >= 0.6 is 0 Å². The minimum absolute atomic E-state index is 0.00415. The smallest absolute Gasteiger partial charge is 0.319 e. The number of carbonyl (C=O) groups excluding carboxylic acids is 2. The number of amides is 3. The third kappa shape index (κ3) is 6.19. The number of para-hydroxylation sites is 1. The Kier molecular flexibility index (Phi) is 8.01. The SMILES string of the molecule is COc1ccc(S(=O)(=O)N(C)C)cc1NC(=O)[C@H](NC(=O)Nc1ccccc1)C(C)C. The van der Waals surface area contributed by atoms with E-state index < -0.39 is 28.0 Å². The first kappa shape index (κ1) is 24.2. The van der Waals surface area contributed by atoms with Gasteiger partial charge in [-0.1, -0.05) is 32.0 Å². The molecule has 1 atom stereocenters. The molecule has 0 radical (unpaired) electrons. The van der Waals surface area contributed by atoms with E-state index in [-0.39, 0.29) is 16.5 Å². The van der Waals surface area contributed by atoms with Gasteiger partial charge < -0.3 is 20.7 Å². The van der Waals surface area contributed by atoms with Crippen LogP contribution in [-0.4, -0.2) is 51.9 Å². The first-order valence-electron chi connectivity index (χ1n) is 9.60. The second-order valence-electron chi connectivity index (χ2n) is 7.32. The topological polar surface area (TPSA) is 117 Å². The van der Waals surface area contributed by atoms with E-state index >= 15 is 0 Å². The molecule has 31 heavy (non-hydrogen) atoms. The fourth-order valence-electron chi connectivity index (χ4n) is 2.73. The van der Waals surface area contributed by atoms with Crippen molar-refractivity contribution in [3.8, 4) is 5.75 Å². The molecule has 2 aromatic carbocycles. The van der Waals surface area contributed by atoms with Crippen LogP contribution in [0.25, 0.3) is 0 Å². The van der Waals surface area contributed by atoms with Crippen LogP contribution in [-0.2, 0) is 14.8 Å². The predicted molar refractivity (Wildman–Crippen MR) is 120 cm³/mol. The lowest BCUT2D eigenvalue weighted by molar-refractivity contribution is -0.118. The molecule has 2 aromatic rings. The van der Waals surface area contributed by atoms with Crippen LogP contribution < -0.4 is 20.7 Å². The van der Waals surface area contributed by atoms with E-state index in [9.17, 15) is 18.0 Å². The van der Waals surface area contributed by atoms with Crippen molar-refractivity contribution in [3.05, 3.63) is 48.5 Å². The Hall–Kier alpha value is -3.11. The summed E-state index contributed by atoms with van der Waals surface area (Å²) in [6.45, 7) is 3.58. The maximum atomic E-state index is 12.9. The molecule has 2 rings (SSSR count). The zero-order valence-electron chi connectivity index (χ0n) is 18.2. The summed E-state index contributed by atoms with van der Waals surface area (Å²) in [4.78, 5) is 25.3. The van der Waals surface area contributed by atoms with Crippen molar-refractivity contribution in [2.75, 3.05) is 31.8 Å². The van der Waals surface area contributed by atoms with Gasteiger partial charge in [-0.25, -0.2) is 17.5 Å². The van der Waals surface area contributed by atoms with Gasteiger partial charge in [0.2, 0.25) is 15.9 Å². The molecule has 0 fully saturated rings. The standard InChI is InChI=1S/C21H28N4O5S/c1-14(2)19(24-21(27)22-15-9-7-6-8-10-15)20(26)23-17-13-16(11-12-18(17)30-5)31(28,29)25(3)4/h6-14,19H,1-5H3,(H,23,26)(H2,22,24,27)/t19-/m1/s1. The second-order valence-corrected chi connectivity index (χ2v) is 9.48. The summed E-state index contributed by atoms with van der Waals surface area (Å²) in [7, 11) is 0.547. The normalized spacial score (nSPS) is 12.4. The number of hydrogen-bond donors (Lipinski definition) is 3. The van der Waals surface area contributed by atoms with Crippen LogP contribution in [0.3, 0.4) is 0 Å². The van der Waals surface area contributed by atoms with Gasteiger partial charge >= 0.3 is 6.03 Å². The number of benzene rings is 2. The quantitative estimate of drug-likeness (QED) is 0.574. The van der Waals surface area contributed by atoms with Crippen molar-refractivity contribution >= 4 is 33.3 Å². The van der Waals surface area contributed by atoms with Crippen molar-refractivity contribution < 1.29 is 22.7 Å². The van der Waals surface area contributed by atoms with Gasteiger partial charge in [-0.05, 0) is 36.2 Å². The van der Waals surface area contributed by atoms with Gasteiger partial charge in [0.15, 0.2) is 0 Å². The number of carbonyl (C=O) groups is 2. The molecular weight excluding hydrogens is 420 g/mol. The molecular formula is C21H28N4O5S. The molecule has 0 saturated carbocycles. The summed E-state index contributed by atoms with van der Waals surface area (Å²) < 4.78 is 31.2. The summed E-state index contributed by atoms with van der Waals surface area (Å²) in [6, 6.07) is 11.6. The summed E-state index contributed by atoms with van der Waals surface area (Å²) in [5.41, 5.74) is 0.775. The lowest BCUT2D eigenvalue weighted by Crippen LogP contribution is -2.48. The van der Waals surface area contributed by atoms with E-state index in [0.29, 0.717) is 11.4 Å². The third-order valence-corrected chi connectivity index (χ3v) is 6.29. The minimum Gasteiger partial charge on any atom is -0.495 e. The van der Waals surface area contributed by atoms with Gasteiger partial charge in [0.25, 0.3) is 0 Å². The van der Waals surface area contributed by atoms with Crippen LogP contribution in [0.1, 0.15) is 13.8 Å². The lowest BCUT2D eigenvalue weighted by atomic mass is 10.0. The molecule has 0 bridgehead atoms. The number of sulfonamides is 1. The van der Waals surface area contributed by atoms with Crippen LogP contribution in [0.15, 0.2) is 53.4 Å². The molecule has 0 saturated heterocycles. The maximum absolute atomic E-state index is 12.9. The first-order chi connectivity index (χ1) is 14.6. The first-order valence-corrected chi connectivity index (χ1v) is 11.0. The minimum atomic E-state index is -3.70. The number of nitrogens with one attached hydrogen (secondary N) is 3. The number of methoxy groups -OCH3 is 1. The van der Waals surface area contributed by atoms with Gasteiger partial charge in [0.1, 0.15) is 11.8 Å². The van der Waals surface area contributed by atoms with E-state index in [1.165, 1.54) is 39.4 Å². The molecule has 3 N–H and O–H groups in total. The largest absolute Gasteiger partial charge is 0.495 e. The highest BCUT2D eigenvalue weighted by molar-refractivity contribution is 7.89. The van der Waals surface area contributed by atoms with E-state index in [4.69, 9.17) is 4.74 Å². The van der Waals surface area contributed by atoms with Crippen molar-refractivity contribution in [2.45, 2.75) is 24.8 Å². The van der Waals surface area contributed by atoms with Gasteiger partial charge in [-0.3, -0.25) is 4.79 Å². The molecule has 168 valence electrons. The molecule has 0 unspecified atom stereocenters. The van der Waals surface area contributed by atoms with E-state index in [2.05, 4.69) is 16.0 Å². The number of hydrogen-bond acceptors (Lipinski definition) is 5. The van der Waals surface area contributed by atoms with Crippen LogP contribution in [0.4, 0.5) is 16.2 Å². The molecule has 3 amide bonds. The monoisotopic (exact) mass is 448 g/mol. The van der Waals surface area contributed by atoms with Crippen LogP contribution in [0, 0.1) is 5.92 Å². The molecule has 9 nitrogen and oxygen atoms in total. The third-order valence-electron chi connectivity index (χ3n) is 4.47. The van der Waals surface area contributed by atoms with Crippen molar-refractivity contribution in [2.24, 2.45) is 5.92 Å². The highest BCUT2D eigenvalue weighted by Crippen LogP contribution is 2.29. The number of anilines is 2. The van der Waals surface area contributed by atoms with Gasteiger partial charge in [0, 0.05) is 19.8 Å². The van der Waals surface area contributed by atoms with Crippen LogP contribution in [0.5, 0.6) is 5.75 Å². The fourth-order valence-corrected chi connectivity index (χ4v) is 3.66. The molecule has 10 heteroatoms. The summed E-state index contributed by atoms with van der Waals surface area (Å²) in [6.07, 6.45) is 0. The predicted octanol–water partition coefficient (Wildman–Crippen LogP) is 2.73. The Balaban J connectivity index is 2.22. The Morgan fingerprint density at radius 3 is 2.19 bits per heavy atom. The Morgan fingerprint density at radius 1 is 1.00 bits per heavy atom. The highest BCUT2D eigenvalue weighted by Gasteiger charge is 2.26. The van der Waals surface area contributed by atoms with Gasteiger partial charge in [-0.2, -0.15) is 0 Å². The maximum Gasteiger partial charge on any atom is 0.319 e. The molecule has 0 heterocycles. The van der Waals surface area contributed by atoms with Gasteiger partial charge in [-0.15, -0.1) is 0 Å². The van der Waals surface area contributed by atoms with Gasteiger partial charge in [0.05, 0.1) is 17.7 Å². The molecule has 0 aliphatic carbocycles. The Morgan fingerprint density at radius 2 is 1.65 bits per heavy atom. The zero-order chi connectivity index (χ0) is 23.2. The van der Waals surface area contributed by atoms with E-state index in [1.54, 1.807) is 38.1 Å². The molecule has 0 aliphatic rings. The van der Waals surface area contributed by atoms with Crippen molar-refractivity contribution in [3.63, 3.8) is 0 Å². The Bertz CT molecular complexity index is 1020. The number of urea groups is 1. The van der Waals surface area contributed by atoms with Crippen LogP contribution in [0.2, 0.25) is 0 Å². The average Bonchev–Trinajstić information content (AvgIpc) is 2.72. The highest BCUT2D eigenvalue weighted by atomic mass is 32.2. The average molecular weight is 449 g/mol. The fraction of sp³-hybridized carbons (Fsp3) is 0.333. The van der Waals surface area contributed by atoms with Crippen molar-refractivity contribution in [1.82, 2.24) is 9.62 Å². The van der Waals surface area contributed by atoms with E-state index in [0.717, 1.165) is 4.31 Å². The molecule has 0 aliphatic heterocycles. The number of nitrogens with zero attached hydrogens (tertiary/aromatic N) is 1. The summed E-state index contributed by atoms with van der Waals surface area (Å²) in [5.74, 6) is -0.445. The molecule has 0 aromatic heterocycles. The lowest BCUT2D eigenvalue weighted by Gasteiger charge is -2.23. The second kappa shape index (κ2) is 10.3. The van der Waals surface area contributed by atoms with E-state index in [1.807, 2.05) is 6.07 Å². The Labute approximate surface area is 182 Å². The van der Waals surface area contributed by atoms with Crippen molar-refractivity contribution in [1.29, 1.82) is 0 Å². The molecule has 0 spiro atoms. The number of rotatable bonds is 8.